The molecule has 59 heavy (non-hydrogen) atoms. The maximum atomic E-state index is 12.8. The Hall–Kier alpha value is -3.67. The topological polar surface area (TPSA) is 78.9 Å². The van der Waals surface area contributed by atoms with Gasteiger partial charge in [0.2, 0.25) is 0 Å². The van der Waals surface area contributed by atoms with Crippen LogP contribution >= 0.6 is 0 Å². The molecule has 0 aliphatic carbocycles. The van der Waals surface area contributed by atoms with Gasteiger partial charge < -0.3 is 14.2 Å². The molecule has 0 amide bonds. The van der Waals surface area contributed by atoms with Crippen molar-refractivity contribution >= 4 is 17.9 Å². The van der Waals surface area contributed by atoms with E-state index in [1.807, 2.05) is 0 Å². The normalized spacial score (nSPS) is 12.9. The van der Waals surface area contributed by atoms with E-state index in [4.69, 9.17) is 14.2 Å². The number of ether oxygens (including phenoxy) is 3. The third-order valence-corrected chi connectivity index (χ3v) is 9.64. The average Bonchev–Trinajstić information content (AvgIpc) is 3.23. The second-order valence-electron chi connectivity index (χ2n) is 15.3. The SMILES string of the molecule is CC\C=C/C=C\C=C/CCCCCCCCCC(=O)OCC(COC(=O)CCC/C=C\C/C=C\C/C=C\CC)OC(=O)CCCCCCCC/C=C\C=C/CCCCC. The summed E-state index contributed by atoms with van der Waals surface area (Å²) in [4.78, 5) is 37.8. The van der Waals surface area contributed by atoms with E-state index >= 15 is 0 Å². The van der Waals surface area contributed by atoms with E-state index in [-0.39, 0.29) is 37.5 Å². The Kier molecular flexibility index (Phi) is 44.1. The van der Waals surface area contributed by atoms with Crippen LogP contribution in [0, 0.1) is 0 Å². The fraction of sp³-hybridized carbons (Fsp3) is 0.642. The number of allylic oxidation sites excluding steroid dienone is 16. The average molecular weight is 819 g/mol. The lowest BCUT2D eigenvalue weighted by Crippen LogP contribution is -2.30. The minimum absolute atomic E-state index is 0.106. The quantitative estimate of drug-likeness (QED) is 0.0201. The van der Waals surface area contributed by atoms with Crippen molar-refractivity contribution in [3.05, 3.63) is 97.2 Å². The number of rotatable bonds is 41. The fourth-order valence-corrected chi connectivity index (χ4v) is 6.10. The van der Waals surface area contributed by atoms with Crippen molar-refractivity contribution in [3.63, 3.8) is 0 Å². The molecule has 0 aromatic carbocycles. The first kappa shape index (κ1) is 55.3. The van der Waals surface area contributed by atoms with Gasteiger partial charge in [0.25, 0.3) is 0 Å². The van der Waals surface area contributed by atoms with Gasteiger partial charge in [-0.15, -0.1) is 0 Å². The van der Waals surface area contributed by atoms with E-state index in [0.717, 1.165) is 89.9 Å². The number of esters is 3. The van der Waals surface area contributed by atoms with Crippen LogP contribution in [-0.4, -0.2) is 37.2 Å². The molecule has 6 nitrogen and oxygen atoms in total. The molecule has 0 aromatic heterocycles. The molecule has 1 unspecified atom stereocenters. The van der Waals surface area contributed by atoms with Crippen LogP contribution < -0.4 is 0 Å². The molecule has 0 rings (SSSR count). The molecule has 0 aliphatic heterocycles. The highest BCUT2D eigenvalue weighted by molar-refractivity contribution is 5.71. The number of hydrogen-bond donors (Lipinski definition) is 0. The number of unbranched alkanes of at least 4 members (excludes halogenated alkanes) is 17. The zero-order chi connectivity index (χ0) is 43.0. The summed E-state index contributed by atoms with van der Waals surface area (Å²) >= 11 is 0. The van der Waals surface area contributed by atoms with Crippen molar-refractivity contribution in [2.45, 2.75) is 207 Å². The second-order valence-corrected chi connectivity index (χ2v) is 15.3. The van der Waals surface area contributed by atoms with Crippen molar-refractivity contribution in [1.82, 2.24) is 0 Å². The molecule has 0 saturated heterocycles. The van der Waals surface area contributed by atoms with Crippen LogP contribution in [0.4, 0.5) is 0 Å². The summed E-state index contributed by atoms with van der Waals surface area (Å²) in [5.74, 6) is -0.994. The zero-order valence-corrected chi connectivity index (χ0v) is 38.0. The van der Waals surface area contributed by atoms with Crippen molar-refractivity contribution < 1.29 is 28.6 Å². The largest absolute Gasteiger partial charge is 0.462 e. The van der Waals surface area contributed by atoms with Crippen LogP contribution in [0.5, 0.6) is 0 Å². The smallest absolute Gasteiger partial charge is 0.306 e. The Balaban J connectivity index is 4.48. The molecule has 334 valence electrons. The Morgan fingerprint density at radius 3 is 1.29 bits per heavy atom. The number of hydrogen-bond acceptors (Lipinski definition) is 6. The monoisotopic (exact) mass is 819 g/mol. The minimum Gasteiger partial charge on any atom is -0.462 e. The lowest BCUT2D eigenvalue weighted by atomic mass is 10.1. The molecule has 0 heterocycles. The Morgan fingerprint density at radius 2 is 0.763 bits per heavy atom. The predicted octanol–water partition coefficient (Wildman–Crippen LogP) is 15.4. The number of carbonyl (C=O) groups excluding carboxylic acids is 3. The van der Waals surface area contributed by atoms with E-state index in [2.05, 4.69) is 118 Å². The van der Waals surface area contributed by atoms with Gasteiger partial charge in [0.1, 0.15) is 13.2 Å². The molecule has 0 aromatic rings. The van der Waals surface area contributed by atoms with Gasteiger partial charge in [0.15, 0.2) is 6.10 Å². The van der Waals surface area contributed by atoms with E-state index in [9.17, 15) is 14.4 Å². The first-order chi connectivity index (χ1) is 29.0. The highest BCUT2D eigenvalue weighted by Crippen LogP contribution is 2.13. The Bertz CT molecular complexity index is 1220. The highest BCUT2D eigenvalue weighted by Gasteiger charge is 2.19. The summed E-state index contributed by atoms with van der Waals surface area (Å²) in [7, 11) is 0. The Labute approximate surface area is 362 Å². The van der Waals surface area contributed by atoms with Crippen LogP contribution in [0.15, 0.2) is 97.2 Å². The molecular weight excluding hydrogens is 733 g/mol. The lowest BCUT2D eigenvalue weighted by molar-refractivity contribution is -0.167. The highest BCUT2D eigenvalue weighted by atomic mass is 16.6. The molecular formula is C53H86O6. The summed E-state index contributed by atoms with van der Waals surface area (Å²) in [6, 6.07) is 0. The van der Waals surface area contributed by atoms with Gasteiger partial charge in [0.05, 0.1) is 0 Å². The molecule has 0 radical (unpaired) electrons. The van der Waals surface area contributed by atoms with Crippen LogP contribution in [0.1, 0.15) is 201 Å². The third kappa shape index (κ3) is 45.3. The molecule has 0 bridgehead atoms. The molecule has 0 fully saturated rings. The molecule has 1 atom stereocenters. The van der Waals surface area contributed by atoms with E-state index < -0.39 is 6.10 Å². The first-order valence-electron chi connectivity index (χ1n) is 23.8. The minimum atomic E-state index is -0.808. The van der Waals surface area contributed by atoms with E-state index in [0.29, 0.717) is 19.3 Å². The summed E-state index contributed by atoms with van der Waals surface area (Å²) in [6.45, 7) is 6.27. The van der Waals surface area contributed by atoms with Gasteiger partial charge in [-0.25, -0.2) is 0 Å². The number of carbonyl (C=O) groups is 3. The third-order valence-electron chi connectivity index (χ3n) is 9.64. The van der Waals surface area contributed by atoms with Gasteiger partial charge in [-0.3, -0.25) is 14.4 Å². The Morgan fingerprint density at radius 1 is 0.373 bits per heavy atom. The van der Waals surface area contributed by atoms with Crippen LogP contribution in [-0.2, 0) is 28.6 Å². The van der Waals surface area contributed by atoms with Gasteiger partial charge in [-0.2, -0.15) is 0 Å². The fourth-order valence-electron chi connectivity index (χ4n) is 6.10. The van der Waals surface area contributed by atoms with E-state index in [1.54, 1.807) is 0 Å². The predicted molar refractivity (Wildman–Crippen MR) is 251 cm³/mol. The summed E-state index contributed by atoms with van der Waals surface area (Å²) in [6.07, 6.45) is 61.1. The zero-order valence-electron chi connectivity index (χ0n) is 38.0. The summed E-state index contributed by atoms with van der Waals surface area (Å²) in [5, 5.41) is 0. The van der Waals surface area contributed by atoms with Gasteiger partial charge in [0, 0.05) is 19.3 Å². The van der Waals surface area contributed by atoms with Crippen molar-refractivity contribution in [3.8, 4) is 0 Å². The molecule has 0 spiro atoms. The second kappa shape index (κ2) is 47.0. The van der Waals surface area contributed by atoms with Crippen LogP contribution in [0.2, 0.25) is 0 Å². The van der Waals surface area contributed by atoms with Crippen LogP contribution in [0.3, 0.4) is 0 Å². The molecule has 0 aliphatic rings. The van der Waals surface area contributed by atoms with Crippen LogP contribution in [0.25, 0.3) is 0 Å². The first-order valence-corrected chi connectivity index (χ1v) is 23.8. The van der Waals surface area contributed by atoms with Crippen molar-refractivity contribution in [2.24, 2.45) is 0 Å². The summed E-state index contributed by atoms with van der Waals surface area (Å²) in [5.41, 5.74) is 0. The standard InChI is InChI=1S/C53H86O6/c1-4-7-10-13-16-19-22-24-26-28-31-34-37-40-43-46-52(55)58-49-50(48-57-51(54)45-42-39-36-33-30-21-18-15-12-9-6-3)59-53(56)47-44-41-38-35-32-29-27-25-23-20-17-14-11-8-5-2/h7,9-10,12-13,16-23,25,33,36,50H,4-6,8,11,14-15,24,26-32,34-35,37-49H2,1-3H3/b10-7-,12-9-,16-13-,20-17-,21-18-,22-19-,25-23-,36-33-. The lowest BCUT2D eigenvalue weighted by Gasteiger charge is -2.18. The molecule has 0 N–H and O–H groups in total. The molecule has 6 heteroatoms. The van der Waals surface area contributed by atoms with Crippen molar-refractivity contribution in [1.29, 1.82) is 0 Å². The van der Waals surface area contributed by atoms with Gasteiger partial charge in [-0.1, -0.05) is 189 Å². The summed E-state index contributed by atoms with van der Waals surface area (Å²) < 4.78 is 16.7. The maximum absolute atomic E-state index is 12.8. The van der Waals surface area contributed by atoms with E-state index in [1.165, 1.54) is 64.2 Å². The maximum Gasteiger partial charge on any atom is 0.306 e. The molecule has 0 saturated carbocycles. The van der Waals surface area contributed by atoms with Gasteiger partial charge >= 0.3 is 17.9 Å². The van der Waals surface area contributed by atoms with Gasteiger partial charge in [-0.05, 0) is 89.9 Å². The van der Waals surface area contributed by atoms with Crippen molar-refractivity contribution in [2.75, 3.05) is 13.2 Å².